The molecule has 0 aliphatic carbocycles. The second kappa shape index (κ2) is 6.78. The summed E-state index contributed by atoms with van der Waals surface area (Å²) in [6.45, 7) is 4.15. The smallest absolute Gasteiger partial charge is 0.328 e. The van der Waals surface area contributed by atoms with Gasteiger partial charge in [-0.05, 0) is 37.6 Å². The summed E-state index contributed by atoms with van der Waals surface area (Å²) in [5, 5.41) is 3.13. The van der Waals surface area contributed by atoms with E-state index in [4.69, 9.17) is 9.47 Å². The highest BCUT2D eigenvalue weighted by molar-refractivity contribution is 5.79. The molecule has 0 fully saturated rings. The Labute approximate surface area is 102 Å². The first-order valence-electron chi connectivity index (χ1n) is 5.78. The average Bonchev–Trinajstić information content (AvgIpc) is 2.37. The van der Waals surface area contributed by atoms with Crippen molar-refractivity contribution in [2.24, 2.45) is 0 Å². The second-order valence-electron chi connectivity index (χ2n) is 3.59. The Balaban J connectivity index is 2.63. The van der Waals surface area contributed by atoms with Crippen molar-refractivity contribution in [3.63, 3.8) is 0 Å². The van der Waals surface area contributed by atoms with Gasteiger partial charge in [0.15, 0.2) is 0 Å². The van der Waals surface area contributed by atoms with E-state index in [0.29, 0.717) is 13.0 Å². The highest BCUT2D eigenvalue weighted by atomic mass is 16.5. The zero-order valence-corrected chi connectivity index (χ0v) is 10.5. The highest BCUT2D eigenvalue weighted by Crippen LogP contribution is 2.16. The van der Waals surface area contributed by atoms with Crippen LogP contribution in [0.4, 0.5) is 5.69 Å². The van der Waals surface area contributed by atoms with Gasteiger partial charge in [0.25, 0.3) is 0 Å². The van der Waals surface area contributed by atoms with Crippen molar-refractivity contribution in [1.82, 2.24) is 0 Å². The molecule has 1 rings (SSSR count). The summed E-state index contributed by atoms with van der Waals surface area (Å²) in [4.78, 5) is 11.6. The molecule has 0 radical (unpaired) electrons. The van der Waals surface area contributed by atoms with Crippen LogP contribution in [0.3, 0.4) is 0 Å². The van der Waals surface area contributed by atoms with E-state index in [9.17, 15) is 4.79 Å². The van der Waals surface area contributed by atoms with E-state index in [1.54, 1.807) is 14.0 Å². The molecule has 0 bridgehead atoms. The third-order valence-corrected chi connectivity index (χ3v) is 2.41. The lowest BCUT2D eigenvalue weighted by Gasteiger charge is -2.16. The Morgan fingerprint density at radius 3 is 2.41 bits per heavy atom. The van der Waals surface area contributed by atoms with E-state index in [1.807, 2.05) is 31.2 Å². The van der Waals surface area contributed by atoms with Gasteiger partial charge in [0.2, 0.25) is 0 Å². The summed E-state index contributed by atoms with van der Waals surface area (Å²) in [7, 11) is 1.62. The topological polar surface area (TPSA) is 47.6 Å². The molecule has 0 unspecified atom stereocenters. The lowest BCUT2D eigenvalue weighted by Crippen LogP contribution is -2.30. The molecule has 94 valence electrons. The minimum atomic E-state index is -0.302. The van der Waals surface area contributed by atoms with E-state index >= 15 is 0 Å². The largest absolute Gasteiger partial charge is 0.497 e. The molecular formula is C13H19NO3. The van der Waals surface area contributed by atoms with Gasteiger partial charge < -0.3 is 14.8 Å². The Morgan fingerprint density at radius 2 is 1.94 bits per heavy atom. The van der Waals surface area contributed by atoms with Crippen LogP contribution < -0.4 is 10.1 Å². The number of nitrogens with one attached hydrogen (secondary N) is 1. The van der Waals surface area contributed by atoms with Crippen LogP contribution in [-0.2, 0) is 9.53 Å². The molecule has 4 heteroatoms. The fourth-order valence-electron chi connectivity index (χ4n) is 1.46. The molecule has 0 spiro atoms. The number of methoxy groups -OCH3 is 1. The van der Waals surface area contributed by atoms with Gasteiger partial charge in [-0.3, -0.25) is 0 Å². The van der Waals surface area contributed by atoms with Gasteiger partial charge >= 0.3 is 5.97 Å². The highest BCUT2D eigenvalue weighted by Gasteiger charge is 2.16. The predicted octanol–water partition coefficient (Wildman–Crippen LogP) is 2.45. The molecule has 0 heterocycles. The molecule has 0 aromatic heterocycles. The number of carbonyl (C=O) groups is 1. The van der Waals surface area contributed by atoms with Crippen molar-refractivity contribution in [2.45, 2.75) is 26.3 Å². The Hall–Kier alpha value is -1.71. The number of benzene rings is 1. The fraction of sp³-hybridized carbons (Fsp3) is 0.462. The van der Waals surface area contributed by atoms with Gasteiger partial charge in [0.05, 0.1) is 13.7 Å². The van der Waals surface area contributed by atoms with Crippen molar-refractivity contribution < 1.29 is 14.3 Å². The number of esters is 1. The Kier molecular flexibility index (Phi) is 5.33. The molecule has 1 aromatic rings. The lowest BCUT2D eigenvalue weighted by atomic mass is 10.2. The third kappa shape index (κ3) is 3.98. The van der Waals surface area contributed by atoms with E-state index < -0.39 is 0 Å². The lowest BCUT2D eigenvalue weighted by molar-refractivity contribution is -0.144. The van der Waals surface area contributed by atoms with Crippen LogP contribution in [-0.4, -0.2) is 25.7 Å². The number of ether oxygens (including phenoxy) is 2. The maximum Gasteiger partial charge on any atom is 0.328 e. The van der Waals surface area contributed by atoms with Crippen LogP contribution in [0.1, 0.15) is 20.3 Å². The van der Waals surface area contributed by atoms with Crippen molar-refractivity contribution in [3.05, 3.63) is 24.3 Å². The minimum absolute atomic E-state index is 0.217. The van der Waals surface area contributed by atoms with Crippen LogP contribution in [0, 0.1) is 0 Å². The summed E-state index contributed by atoms with van der Waals surface area (Å²) in [5.41, 5.74) is 0.880. The van der Waals surface area contributed by atoms with Crippen LogP contribution >= 0.6 is 0 Å². The molecule has 0 aliphatic heterocycles. The van der Waals surface area contributed by atoms with Crippen LogP contribution in [0.15, 0.2) is 24.3 Å². The molecule has 17 heavy (non-hydrogen) atoms. The van der Waals surface area contributed by atoms with Crippen molar-refractivity contribution in [2.75, 3.05) is 19.0 Å². The van der Waals surface area contributed by atoms with Crippen LogP contribution in [0.5, 0.6) is 5.75 Å². The zero-order valence-electron chi connectivity index (χ0n) is 10.5. The third-order valence-electron chi connectivity index (χ3n) is 2.41. The number of carbonyl (C=O) groups excluding carboxylic acids is 1. The van der Waals surface area contributed by atoms with Gasteiger partial charge in [0, 0.05) is 5.69 Å². The molecule has 1 atom stereocenters. The van der Waals surface area contributed by atoms with Crippen molar-refractivity contribution in [1.29, 1.82) is 0 Å². The molecule has 4 nitrogen and oxygen atoms in total. The molecular weight excluding hydrogens is 218 g/mol. The van der Waals surface area contributed by atoms with Crippen molar-refractivity contribution in [3.8, 4) is 5.75 Å². The molecule has 0 amide bonds. The Bertz CT molecular complexity index is 348. The number of hydrogen-bond acceptors (Lipinski definition) is 4. The normalized spacial score (nSPS) is 11.7. The molecule has 0 saturated carbocycles. The fourth-order valence-corrected chi connectivity index (χ4v) is 1.46. The monoisotopic (exact) mass is 237 g/mol. The zero-order chi connectivity index (χ0) is 12.7. The summed E-state index contributed by atoms with van der Waals surface area (Å²) in [6.07, 6.45) is 0.685. The Morgan fingerprint density at radius 1 is 1.29 bits per heavy atom. The van der Waals surface area contributed by atoms with Gasteiger partial charge in [0.1, 0.15) is 11.8 Å². The molecule has 0 aliphatic rings. The summed E-state index contributed by atoms with van der Waals surface area (Å²) in [6, 6.07) is 7.14. The number of rotatable bonds is 6. The molecule has 1 N–H and O–H groups in total. The number of anilines is 1. The first-order chi connectivity index (χ1) is 8.21. The van der Waals surface area contributed by atoms with Gasteiger partial charge in [-0.1, -0.05) is 6.92 Å². The summed E-state index contributed by atoms with van der Waals surface area (Å²) >= 11 is 0. The molecule has 0 saturated heterocycles. The maximum atomic E-state index is 11.6. The van der Waals surface area contributed by atoms with Crippen LogP contribution in [0.2, 0.25) is 0 Å². The van der Waals surface area contributed by atoms with Gasteiger partial charge in [-0.2, -0.15) is 0 Å². The number of hydrogen-bond donors (Lipinski definition) is 1. The van der Waals surface area contributed by atoms with E-state index in [1.165, 1.54) is 0 Å². The van der Waals surface area contributed by atoms with E-state index in [2.05, 4.69) is 5.32 Å². The summed E-state index contributed by atoms with van der Waals surface area (Å²) in [5.74, 6) is 0.575. The van der Waals surface area contributed by atoms with Crippen LogP contribution in [0.25, 0.3) is 0 Å². The standard InChI is InChI=1S/C13H19NO3/c1-4-12(13(15)17-5-2)14-10-6-8-11(16-3)9-7-10/h6-9,12,14H,4-5H2,1-3H3/t12-/m0/s1. The van der Waals surface area contributed by atoms with Gasteiger partial charge in [-0.25, -0.2) is 4.79 Å². The first-order valence-corrected chi connectivity index (χ1v) is 5.78. The predicted molar refractivity (Wildman–Crippen MR) is 67.3 cm³/mol. The second-order valence-corrected chi connectivity index (χ2v) is 3.59. The molecule has 1 aromatic carbocycles. The van der Waals surface area contributed by atoms with Gasteiger partial charge in [-0.15, -0.1) is 0 Å². The first kappa shape index (κ1) is 13.4. The SMILES string of the molecule is CCOC(=O)[C@H](CC)Nc1ccc(OC)cc1. The minimum Gasteiger partial charge on any atom is -0.497 e. The quantitative estimate of drug-likeness (QED) is 0.772. The maximum absolute atomic E-state index is 11.6. The van der Waals surface area contributed by atoms with E-state index in [-0.39, 0.29) is 12.0 Å². The summed E-state index contributed by atoms with van der Waals surface area (Å²) < 4.78 is 10.1. The van der Waals surface area contributed by atoms with E-state index in [0.717, 1.165) is 11.4 Å². The van der Waals surface area contributed by atoms with Crippen molar-refractivity contribution >= 4 is 11.7 Å². The average molecular weight is 237 g/mol.